The molecule has 2 nitrogen and oxygen atoms in total. The second-order valence-electron chi connectivity index (χ2n) is 8.89. The van der Waals surface area contributed by atoms with E-state index in [0.29, 0.717) is 5.92 Å². The average molecular weight is 341 g/mol. The number of ether oxygens (including phenoxy) is 1. The summed E-state index contributed by atoms with van der Waals surface area (Å²) < 4.78 is 5.67. The minimum atomic E-state index is -0.373. The molecule has 3 unspecified atom stereocenters. The minimum absolute atomic E-state index is 0.000399. The number of hydrogen-bond acceptors (Lipinski definition) is 2. The average Bonchev–Trinajstić information content (AvgIpc) is 2.53. The van der Waals surface area contributed by atoms with Crippen LogP contribution in [0.3, 0.4) is 0 Å². The van der Waals surface area contributed by atoms with Crippen molar-refractivity contribution in [2.75, 3.05) is 0 Å². The summed E-state index contributed by atoms with van der Waals surface area (Å²) in [7, 11) is 0. The van der Waals surface area contributed by atoms with Crippen molar-refractivity contribution in [3.8, 4) is 0 Å². The van der Waals surface area contributed by atoms with Crippen LogP contribution in [0.4, 0.5) is 0 Å². The summed E-state index contributed by atoms with van der Waals surface area (Å²) in [6.45, 7) is 14.6. The van der Waals surface area contributed by atoms with E-state index in [4.69, 9.17) is 4.74 Å². The quantitative estimate of drug-likeness (QED) is 0.662. The van der Waals surface area contributed by atoms with Gasteiger partial charge in [0.05, 0.1) is 11.5 Å². The topological polar surface area (TPSA) is 26.3 Å². The van der Waals surface area contributed by atoms with Crippen molar-refractivity contribution in [2.24, 2.45) is 11.3 Å². The van der Waals surface area contributed by atoms with Crippen molar-refractivity contribution < 1.29 is 9.53 Å². The first-order valence-electron chi connectivity index (χ1n) is 9.69. The van der Waals surface area contributed by atoms with Gasteiger partial charge in [-0.25, -0.2) is 0 Å². The maximum Gasteiger partial charge on any atom is 0.312 e. The summed E-state index contributed by atoms with van der Waals surface area (Å²) in [5.74, 6) is 0.351. The molecule has 1 saturated carbocycles. The number of carbonyl (C=O) groups excluding carboxylic acids is 1. The van der Waals surface area contributed by atoms with Crippen molar-refractivity contribution in [1.29, 1.82) is 0 Å². The second kappa shape index (κ2) is 6.30. The van der Waals surface area contributed by atoms with Crippen molar-refractivity contribution in [3.05, 3.63) is 41.5 Å². The first-order valence-corrected chi connectivity index (χ1v) is 9.69. The Hall–Kier alpha value is -1.57. The maximum absolute atomic E-state index is 12.9. The van der Waals surface area contributed by atoms with Crippen LogP contribution in [0.2, 0.25) is 0 Å². The molecule has 1 fully saturated rings. The lowest BCUT2D eigenvalue weighted by atomic mass is 9.49. The molecule has 0 N–H and O–H groups in total. The Morgan fingerprint density at radius 1 is 1.28 bits per heavy atom. The Bertz CT molecular complexity index is 702. The lowest BCUT2D eigenvalue weighted by molar-refractivity contribution is -0.168. The van der Waals surface area contributed by atoms with E-state index in [0.717, 1.165) is 37.7 Å². The zero-order valence-corrected chi connectivity index (χ0v) is 16.4. The first kappa shape index (κ1) is 18.2. The van der Waals surface area contributed by atoms with E-state index in [1.807, 2.05) is 13.8 Å². The van der Waals surface area contributed by atoms with Gasteiger partial charge in [0.1, 0.15) is 0 Å². The third kappa shape index (κ3) is 2.94. The van der Waals surface area contributed by atoms with Gasteiger partial charge in [0.2, 0.25) is 0 Å². The molecule has 0 spiro atoms. The van der Waals surface area contributed by atoms with Gasteiger partial charge in [-0.2, -0.15) is 0 Å². The van der Waals surface area contributed by atoms with E-state index >= 15 is 0 Å². The molecule has 3 rings (SSSR count). The number of carbonyl (C=O) groups is 1. The van der Waals surface area contributed by atoms with Gasteiger partial charge in [-0.3, -0.25) is 4.79 Å². The molecule has 0 heterocycles. The third-order valence-electron chi connectivity index (χ3n) is 6.66. The number of hydrogen-bond donors (Lipinski definition) is 0. The Morgan fingerprint density at radius 3 is 2.64 bits per heavy atom. The van der Waals surface area contributed by atoms with Crippen molar-refractivity contribution in [2.45, 2.75) is 78.2 Å². The van der Waals surface area contributed by atoms with Crippen LogP contribution < -0.4 is 0 Å². The monoisotopic (exact) mass is 340 g/mol. The van der Waals surface area contributed by atoms with Crippen LogP contribution in [0.25, 0.3) is 5.57 Å². The molecule has 0 amide bonds. The van der Waals surface area contributed by atoms with Crippen LogP contribution in [-0.2, 0) is 21.4 Å². The molecule has 3 atom stereocenters. The zero-order chi connectivity index (χ0) is 18.4. The van der Waals surface area contributed by atoms with E-state index in [1.54, 1.807) is 0 Å². The Labute approximate surface area is 152 Å². The Balaban J connectivity index is 2.01. The van der Waals surface area contributed by atoms with Gasteiger partial charge in [0, 0.05) is 0 Å². The smallest absolute Gasteiger partial charge is 0.312 e. The number of rotatable bonds is 3. The molecule has 2 aliphatic carbocycles. The number of aryl methyl sites for hydroxylation is 1. The van der Waals surface area contributed by atoms with Crippen molar-refractivity contribution >= 4 is 11.5 Å². The summed E-state index contributed by atoms with van der Waals surface area (Å²) in [5.41, 5.74) is 4.92. The molecule has 2 heteroatoms. The Kier molecular flexibility index (Phi) is 4.59. The lowest BCUT2D eigenvalue weighted by Gasteiger charge is -2.54. The van der Waals surface area contributed by atoms with Gasteiger partial charge in [-0.05, 0) is 81.4 Å². The van der Waals surface area contributed by atoms with Crippen LogP contribution in [0, 0.1) is 11.3 Å². The summed E-state index contributed by atoms with van der Waals surface area (Å²) in [6, 6.07) is 6.82. The molecular weight excluding hydrogens is 308 g/mol. The molecule has 0 aliphatic heterocycles. The largest absolute Gasteiger partial charge is 0.463 e. The zero-order valence-electron chi connectivity index (χ0n) is 16.4. The molecule has 2 aliphatic rings. The van der Waals surface area contributed by atoms with Gasteiger partial charge in [-0.1, -0.05) is 43.7 Å². The fourth-order valence-corrected chi connectivity index (χ4v) is 5.35. The summed E-state index contributed by atoms with van der Waals surface area (Å²) in [5, 5.41) is 0. The van der Waals surface area contributed by atoms with E-state index in [-0.39, 0.29) is 22.9 Å². The fourth-order valence-electron chi connectivity index (χ4n) is 5.35. The lowest BCUT2D eigenvalue weighted by Crippen LogP contribution is -2.53. The number of esters is 1. The molecule has 1 aromatic carbocycles. The summed E-state index contributed by atoms with van der Waals surface area (Å²) >= 11 is 0. The van der Waals surface area contributed by atoms with E-state index < -0.39 is 0 Å². The van der Waals surface area contributed by atoms with Gasteiger partial charge in [0.15, 0.2) is 0 Å². The van der Waals surface area contributed by atoms with Gasteiger partial charge < -0.3 is 4.74 Å². The highest BCUT2D eigenvalue weighted by Crippen LogP contribution is 2.57. The van der Waals surface area contributed by atoms with Crippen molar-refractivity contribution in [1.82, 2.24) is 0 Å². The molecule has 0 radical (unpaired) electrons. The molecule has 0 aromatic heterocycles. The number of fused-ring (bicyclic) bond motifs is 3. The molecule has 1 aromatic rings. The molecular formula is C23H32O2. The van der Waals surface area contributed by atoms with E-state index in [2.05, 4.69) is 45.5 Å². The predicted octanol–water partition coefficient (Wildman–Crippen LogP) is 5.68. The molecule has 25 heavy (non-hydrogen) atoms. The van der Waals surface area contributed by atoms with Gasteiger partial charge in [-0.15, -0.1) is 0 Å². The summed E-state index contributed by atoms with van der Waals surface area (Å²) in [6.07, 6.45) is 5.23. The normalized spacial score (nSPS) is 31.2. The highest BCUT2D eigenvalue weighted by molar-refractivity contribution is 5.78. The van der Waals surface area contributed by atoms with Gasteiger partial charge in [0.25, 0.3) is 0 Å². The minimum Gasteiger partial charge on any atom is -0.463 e. The highest BCUT2D eigenvalue weighted by Gasteiger charge is 2.55. The van der Waals surface area contributed by atoms with Crippen LogP contribution in [-0.4, -0.2) is 12.1 Å². The van der Waals surface area contributed by atoms with Gasteiger partial charge >= 0.3 is 5.97 Å². The molecule has 0 bridgehead atoms. The number of benzene rings is 1. The molecule has 0 saturated heterocycles. The van der Waals surface area contributed by atoms with E-state index in [9.17, 15) is 4.79 Å². The highest BCUT2D eigenvalue weighted by atomic mass is 16.5. The predicted molar refractivity (Wildman–Crippen MR) is 103 cm³/mol. The SMILES string of the molecule is C=C(C)c1ccc2c(c1)CCC1C(C)(C(=O)OC(C)C)CCCC21C. The van der Waals surface area contributed by atoms with Crippen LogP contribution >= 0.6 is 0 Å². The fraction of sp³-hybridized carbons (Fsp3) is 0.609. The van der Waals surface area contributed by atoms with E-state index in [1.165, 1.54) is 16.7 Å². The van der Waals surface area contributed by atoms with Crippen molar-refractivity contribution in [3.63, 3.8) is 0 Å². The third-order valence-corrected chi connectivity index (χ3v) is 6.66. The first-order chi connectivity index (χ1) is 11.7. The molecule has 136 valence electrons. The summed E-state index contributed by atoms with van der Waals surface area (Å²) in [4.78, 5) is 12.9. The van der Waals surface area contributed by atoms with Crippen LogP contribution in [0.15, 0.2) is 24.8 Å². The Morgan fingerprint density at radius 2 is 2.00 bits per heavy atom. The number of allylic oxidation sites excluding steroid dienone is 1. The second-order valence-corrected chi connectivity index (χ2v) is 8.89. The maximum atomic E-state index is 12.9. The standard InChI is InChI=1S/C23H32O2/c1-15(2)17-8-10-19-18(14-17)9-11-20-22(19,5)12-7-13-23(20,6)21(24)25-16(3)4/h8,10,14,16,20H,1,7,9,11-13H2,2-6H3. The van der Waals surface area contributed by atoms with Crippen LogP contribution in [0.1, 0.15) is 77.0 Å². The van der Waals surface area contributed by atoms with Crippen LogP contribution in [0.5, 0.6) is 0 Å².